The summed E-state index contributed by atoms with van der Waals surface area (Å²) in [5, 5.41) is 6.41. The number of carbonyl (C=O) groups is 2. The smallest absolute Gasteiger partial charge is 0.367 e. The average molecular weight is 311 g/mol. The Hall–Kier alpha value is -1.80. The fraction of sp³-hybridized carbons (Fsp3) is 0.333. The molecular formula is C12H13N3O3S2. The molecule has 0 bridgehead atoms. The van der Waals surface area contributed by atoms with E-state index in [0.29, 0.717) is 13.0 Å². The van der Waals surface area contributed by atoms with Crippen LogP contribution in [0.1, 0.15) is 32.9 Å². The number of hydrogen-bond donors (Lipinski definition) is 1. The molecule has 2 heterocycles. The van der Waals surface area contributed by atoms with Crippen molar-refractivity contribution in [1.82, 2.24) is 15.3 Å². The van der Waals surface area contributed by atoms with E-state index in [1.165, 1.54) is 11.3 Å². The predicted octanol–water partition coefficient (Wildman–Crippen LogP) is 1.75. The van der Waals surface area contributed by atoms with Crippen molar-refractivity contribution in [3.8, 4) is 0 Å². The first-order valence-electron chi connectivity index (χ1n) is 5.98. The van der Waals surface area contributed by atoms with Crippen LogP contribution in [0, 0.1) is 0 Å². The normalized spacial score (nSPS) is 10.2. The SMILES string of the molecule is CCOC(=O)c1nc(C(=O)NCCc2cscn2)cs1. The van der Waals surface area contributed by atoms with Gasteiger partial charge in [0.25, 0.3) is 5.91 Å². The highest BCUT2D eigenvalue weighted by Crippen LogP contribution is 2.11. The average Bonchev–Trinajstić information content (AvgIpc) is 3.10. The highest BCUT2D eigenvalue weighted by atomic mass is 32.1. The lowest BCUT2D eigenvalue weighted by Gasteiger charge is -2.01. The second kappa shape index (κ2) is 7.11. The van der Waals surface area contributed by atoms with Gasteiger partial charge in [0.05, 0.1) is 17.8 Å². The molecule has 2 rings (SSSR count). The van der Waals surface area contributed by atoms with Crippen molar-refractivity contribution < 1.29 is 14.3 Å². The maximum absolute atomic E-state index is 11.8. The number of amides is 1. The van der Waals surface area contributed by atoms with Crippen LogP contribution in [0.25, 0.3) is 0 Å². The Kier molecular flexibility index (Phi) is 5.19. The molecule has 0 saturated heterocycles. The molecule has 0 aliphatic carbocycles. The molecule has 1 N–H and O–H groups in total. The zero-order chi connectivity index (χ0) is 14.4. The van der Waals surface area contributed by atoms with Crippen LogP contribution in [0.2, 0.25) is 0 Å². The highest BCUT2D eigenvalue weighted by Gasteiger charge is 2.15. The molecule has 0 aliphatic heterocycles. The summed E-state index contributed by atoms with van der Waals surface area (Å²) in [6.45, 7) is 2.49. The number of esters is 1. The van der Waals surface area contributed by atoms with Crippen LogP contribution in [0.5, 0.6) is 0 Å². The van der Waals surface area contributed by atoms with Gasteiger partial charge in [0.2, 0.25) is 5.01 Å². The minimum Gasteiger partial charge on any atom is -0.461 e. The van der Waals surface area contributed by atoms with Crippen LogP contribution in [0.15, 0.2) is 16.3 Å². The van der Waals surface area contributed by atoms with Gasteiger partial charge in [0.15, 0.2) is 0 Å². The standard InChI is InChI=1S/C12H13N3O3S2/c1-2-18-12(17)11-15-9(6-20-11)10(16)13-4-3-8-5-19-7-14-8/h5-7H,2-4H2,1H3,(H,13,16). The molecule has 20 heavy (non-hydrogen) atoms. The van der Waals surface area contributed by atoms with Crippen LogP contribution in [0.3, 0.4) is 0 Å². The lowest BCUT2D eigenvalue weighted by molar-refractivity contribution is 0.0526. The first-order chi connectivity index (χ1) is 9.70. The minimum absolute atomic E-state index is 0.191. The van der Waals surface area contributed by atoms with Crippen molar-refractivity contribution in [1.29, 1.82) is 0 Å². The van der Waals surface area contributed by atoms with Crippen molar-refractivity contribution in [3.05, 3.63) is 32.7 Å². The van der Waals surface area contributed by atoms with Crippen LogP contribution < -0.4 is 5.32 Å². The number of nitrogens with one attached hydrogen (secondary N) is 1. The van der Waals surface area contributed by atoms with E-state index >= 15 is 0 Å². The molecular weight excluding hydrogens is 298 g/mol. The molecule has 0 aromatic carbocycles. The summed E-state index contributed by atoms with van der Waals surface area (Å²) in [6.07, 6.45) is 0.671. The Morgan fingerprint density at radius 1 is 1.40 bits per heavy atom. The van der Waals surface area contributed by atoms with Gasteiger partial charge in [-0.3, -0.25) is 4.79 Å². The summed E-state index contributed by atoms with van der Waals surface area (Å²) in [7, 11) is 0. The van der Waals surface area contributed by atoms with E-state index in [1.54, 1.807) is 17.8 Å². The van der Waals surface area contributed by atoms with Crippen molar-refractivity contribution in [2.75, 3.05) is 13.2 Å². The van der Waals surface area contributed by atoms with Gasteiger partial charge in [-0.25, -0.2) is 14.8 Å². The van der Waals surface area contributed by atoms with Gasteiger partial charge in [-0.15, -0.1) is 22.7 Å². The second-order valence-electron chi connectivity index (χ2n) is 3.74. The third-order valence-corrected chi connectivity index (χ3v) is 3.79. The highest BCUT2D eigenvalue weighted by molar-refractivity contribution is 7.11. The number of rotatable bonds is 6. The van der Waals surface area contributed by atoms with Gasteiger partial charge < -0.3 is 10.1 Å². The number of ether oxygens (including phenoxy) is 1. The molecule has 0 spiro atoms. The molecule has 0 radical (unpaired) electrons. The van der Waals surface area contributed by atoms with Gasteiger partial charge in [0, 0.05) is 23.7 Å². The van der Waals surface area contributed by atoms with E-state index < -0.39 is 5.97 Å². The molecule has 2 aromatic rings. The third kappa shape index (κ3) is 3.84. The predicted molar refractivity (Wildman–Crippen MR) is 76.2 cm³/mol. The molecule has 0 aliphatic rings. The van der Waals surface area contributed by atoms with Gasteiger partial charge in [0.1, 0.15) is 5.69 Å². The van der Waals surface area contributed by atoms with Crippen LogP contribution in [-0.4, -0.2) is 35.0 Å². The molecule has 1 amide bonds. The zero-order valence-corrected chi connectivity index (χ0v) is 12.4. The molecule has 0 fully saturated rings. The number of hydrogen-bond acceptors (Lipinski definition) is 7. The van der Waals surface area contributed by atoms with Gasteiger partial charge in [-0.05, 0) is 6.92 Å². The number of thiazole rings is 2. The fourth-order valence-corrected chi connectivity index (χ4v) is 2.70. The van der Waals surface area contributed by atoms with E-state index in [2.05, 4.69) is 15.3 Å². The van der Waals surface area contributed by atoms with E-state index in [0.717, 1.165) is 17.0 Å². The Labute approximate surface area is 123 Å². The lowest BCUT2D eigenvalue weighted by Crippen LogP contribution is -2.26. The Balaban J connectivity index is 1.84. The van der Waals surface area contributed by atoms with Gasteiger partial charge in [-0.1, -0.05) is 0 Å². The summed E-state index contributed by atoms with van der Waals surface area (Å²) >= 11 is 2.62. The van der Waals surface area contributed by atoms with Crippen molar-refractivity contribution in [3.63, 3.8) is 0 Å². The van der Waals surface area contributed by atoms with Crippen LogP contribution in [0.4, 0.5) is 0 Å². The van der Waals surface area contributed by atoms with E-state index in [-0.39, 0.29) is 23.2 Å². The fourth-order valence-electron chi connectivity index (χ4n) is 1.42. The van der Waals surface area contributed by atoms with Gasteiger partial charge in [-0.2, -0.15) is 0 Å². The van der Waals surface area contributed by atoms with E-state index in [9.17, 15) is 9.59 Å². The maximum Gasteiger partial charge on any atom is 0.367 e. The van der Waals surface area contributed by atoms with Gasteiger partial charge >= 0.3 is 5.97 Å². The molecule has 2 aromatic heterocycles. The van der Waals surface area contributed by atoms with Crippen molar-refractivity contribution in [2.24, 2.45) is 0 Å². The number of nitrogens with zero attached hydrogens (tertiary/aromatic N) is 2. The molecule has 6 nitrogen and oxygen atoms in total. The summed E-state index contributed by atoms with van der Waals surface area (Å²) in [5.74, 6) is -0.800. The maximum atomic E-state index is 11.8. The lowest BCUT2D eigenvalue weighted by atomic mass is 10.3. The molecule has 8 heteroatoms. The Bertz CT molecular complexity index is 581. The molecule has 0 unspecified atom stereocenters. The zero-order valence-electron chi connectivity index (χ0n) is 10.8. The first-order valence-corrected chi connectivity index (χ1v) is 7.81. The second-order valence-corrected chi connectivity index (χ2v) is 5.32. The van der Waals surface area contributed by atoms with Crippen molar-refractivity contribution in [2.45, 2.75) is 13.3 Å². The molecule has 0 atom stereocenters. The third-order valence-electron chi connectivity index (χ3n) is 2.34. The summed E-state index contributed by atoms with van der Waals surface area (Å²) < 4.78 is 4.82. The first kappa shape index (κ1) is 14.6. The largest absolute Gasteiger partial charge is 0.461 e. The van der Waals surface area contributed by atoms with Crippen molar-refractivity contribution >= 4 is 34.6 Å². The monoisotopic (exact) mass is 311 g/mol. The van der Waals surface area contributed by atoms with E-state index in [4.69, 9.17) is 4.74 Å². The summed E-state index contributed by atoms with van der Waals surface area (Å²) in [6, 6.07) is 0. The summed E-state index contributed by atoms with van der Waals surface area (Å²) in [5.41, 5.74) is 2.93. The Morgan fingerprint density at radius 3 is 2.95 bits per heavy atom. The topological polar surface area (TPSA) is 81.2 Å². The molecule has 0 saturated carbocycles. The summed E-state index contributed by atoms with van der Waals surface area (Å²) in [4.78, 5) is 31.4. The minimum atomic E-state index is -0.501. The number of aromatic nitrogens is 2. The Morgan fingerprint density at radius 2 is 2.25 bits per heavy atom. The van der Waals surface area contributed by atoms with Crippen LogP contribution >= 0.6 is 22.7 Å². The quantitative estimate of drug-likeness (QED) is 0.822. The van der Waals surface area contributed by atoms with E-state index in [1.807, 2.05) is 5.38 Å². The number of carbonyl (C=O) groups excluding carboxylic acids is 2. The van der Waals surface area contributed by atoms with Crippen LogP contribution in [-0.2, 0) is 11.2 Å². The molecule has 106 valence electrons.